The van der Waals surface area contributed by atoms with Gasteiger partial charge in [0, 0.05) is 39.5 Å². The van der Waals surface area contributed by atoms with Crippen molar-refractivity contribution in [1.29, 1.82) is 0 Å². The van der Waals surface area contributed by atoms with Crippen LogP contribution in [0.5, 0.6) is 0 Å². The number of methoxy groups -OCH3 is 2. The van der Waals surface area contributed by atoms with Crippen molar-refractivity contribution in [3.05, 3.63) is 29.8 Å². The largest absolute Gasteiger partial charge is 0.383 e. The Bertz CT molecular complexity index is 631. The fourth-order valence-corrected chi connectivity index (χ4v) is 3.51. The molecule has 1 fully saturated rings. The van der Waals surface area contributed by atoms with Crippen molar-refractivity contribution in [2.24, 2.45) is 0 Å². The maximum absolute atomic E-state index is 13.1. The van der Waals surface area contributed by atoms with E-state index in [0.29, 0.717) is 59.3 Å². The predicted octanol–water partition coefficient (Wildman–Crippen LogP) is 1.30. The van der Waals surface area contributed by atoms with Crippen LogP contribution in [-0.2, 0) is 28.5 Å². The van der Waals surface area contributed by atoms with Crippen molar-refractivity contribution >= 4 is 11.6 Å². The number of amides is 1. The number of anilines is 1. The van der Waals surface area contributed by atoms with Gasteiger partial charge in [0.05, 0.1) is 52.4 Å². The van der Waals surface area contributed by atoms with E-state index in [1.54, 1.807) is 14.2 Å². The topological polar surface area (TPSA) is 90.5 Å². The molecule has 1 heterocycles. The van der Waals surface area contributed by atoms with E-state index in [9.17, 15) is 4.79 Å². The Kier molecular flexibility index (Phi) is 13.2. The highest BCUT2D eigenvalue weighted by Gasteiger charge is 2.31. The molecule has 2 atom stereocenters. The first kappa shape index (κ1) is 26.5. The molecule has 1 saturated heterocycles. The minimum atomic E-state index is -0.372. The lowest BCUT2D eigenvalue weighted by Crippen LogP contribution is -2.39. The SMILES string of the molecule is CNC(C(=O)N1CC[C@H](OCCOCCOCCOC)C1)c1ccc(NCCOC)cc1. The zero-order valence-electron chi connectivity index (χ0n) is 19.6. The van der Waals surface area contributed by atoms with Gasteiger partial charge < -0.3 is 39.2 Å². The predicted molar refractivity (Wildman–Crippen MR) is 123 cm³/mol. The Morgan fingerprint density at radius 2 is 1.66 bits per heavy atom. The monoisotopic (exact) mass is 453 g/mol. The van der Waals surface area contributed by atoms with E-state index in [-0.39, 0.29) is 18.1 Å². The zero-order chi connectivity index (χ0) is 23.0. The second-order valence-corrected chi connectivity index (χ2v) is 7.55. The molecule has 182 valence electrons. The van der Waals surface area contributed by atoms with Crippen molar-refractivity contribution < 1.29 is 28.5 Å². The zero-order valence-corrected chi connectivity index (χ0v) is 19.6. The van der Waals surface area contributed by atoms with Gasteiger partial charge in [0.25, 0.3) is 0 Å². The Morgan fingerprint density at radius 1 is 1.00 bits per heavy atom. The third kappa shape index (κ3) is 9.40. The first-order valence-electron chi connectivity index (χ1n) is 11.2. The van der Waals surface area contributed by atoms with Crippen LogP contribution in [0, 0.1) is 0 Å². The third-order valence-corrected chi connectivity index (χ3v) is 5.26. The van der Waals surface area contributed by atoms with Gasteiger partial charge in [-0.25, -0.2) is 0 Å². The number of rotatable bonds is 17. The van der Waals surface area contributed by atoms with Gasteiger partial charge in [0.1, 0.15) is 6.04 Å². The molecule has 0 bridgehead atoms. The van der Waals surface area contributed by atoms with Crippen molar-refractivity contribution in [1.82, 2.24) is 10.2 Å². The maximum Gasteiger partial charge on any atom is 0.244 e. The summed E-state index contributed by atoms with van der Waals surface area (Å²) in [5.41, 5.74) is 1.95. The molecule has 0 spiro atoms. The minimum absolute atomic E-state index is 0.0466. The molecule has 0 aliphatic carbocycles. The molecule has 2 N–H and O–H groups in total. The van der Waals surface area contributed by atoms with E-state index in [0.717, 1.165) is 24.2 Å². The second-order valence-electron chi connectivity index (χ2n) is 7.55. The number of benzene rings is 1. The molecule has 9 heteroatoms. The highest BCUT2D eigenvalue weighted by Crippen LogP contribution is 2.22. The number of ether oxygens (including phenoxy) is 5. The van der Waals surface area contributed by atoms with Gasteiger partial charge in [-0.15, -0.1) is 0 Å². The molecule has 1 amide bonds. The summed E-state index contributed by atoms with van der Waals surface area (Å²) in [7, 11) is 5.14. The molecule has 0 radical (unpaired) electrons. The summed E-state index contributed by atoms with van der Waals surface area (Å²) < 4.78 is 26.7. The highest BCUT2D eigenvalue weighted by molar-refractivity contribution is 5.83. The molecular formula is C23H39N3O6. The highest BCUT2D eigenvalue weighted by atomic mass is 16.6. The van der Waals surface area contributed by atoms with Gasteiger partial charge in [-0.2, -0.15) is 0 Å². The van der Waals surface area contributed by atoms with Crippen LogP contribution in [0.25, 0.3) is 0 Å². The molecule has 1 aromatic rings. The van der Waals surface area contributed by atoms with Crippen LogP contribution in [0.15, 0.2) is 24.3 Å². The van der Waals surface area contributed by atoms with E-state index in [4.69, 9.17) is 23.7 Å². The van der Waals surface area contributed by atoms with Gasteiger partial charge in [-0.3, -0.25) is 4.79 Å². The van der Waals surface area contributed by atoms with Gasteiger partial charge >= 0.3 is 0 Å². The van der Waals surface area contributed by atoms with Crippen LogP contribution in [0.1, 0.15) is 18.0 Å². The Balaban J connectivity index is 1.68. The van der Waals surface area contributed by atoms with Gasteiger partial charge in [-0.1, -0.05) is 12.1 Å². The number of hydrogen-bond donors (Lipinski definition) is 2. The van der Waals surface area contributed by atoms with Crippen LogP contribution in [0.2, 0.25) is 0 Å². The van der Waals surface area contributed by atoms with E-state index < -0.39 is 0 Å². The molecule has 0 aromatic heterocycles. The van der Waals surface area contributed by atoms with Crippen LogP contribution in [0.4, 0.5) is 5.69 Å². The first-order valence-corrected chi connectivity index (χ1v) is 11.2. The molecule has 1 aliphatic rings. The number of hydrogen-bond acceptors (Lipinski definition) is 8. The van der Waals surface area contributed by atoms with Crippen LogP contribution >= 0.6 is 0 Å². The third-order valence-electron chi connectivity index (χ3n) is 5.26. The second kappa shape index (κ2) is 16.0. The van der Waals surface area contributed by atoms with Crippen molar-refractivity contribution in [3.63, 3.8) is 0 Å². The average molecular weight is 454 g/mol. The molecular weight excluding hydrogens is 414 g/mol. The lowest BCUT2D eigenvalue weighted by atomic mass is 10.1. The van der Waals surface area contributed by atoms with E-state index in [2.05, 4.69) is 10.6 Å². The molecule has 32 heavy (non-hydrogen) atoms. The fraction of sp³-hybridized carbons (Fsp3) is 0.696. The lowest BCUT2D eigenvalue weighted by Gasteiger charge is -2.24. The van der Waals surface area contributed by atoms with Gasteiger partial charge in [-0.05, 0) is 31.2 Å². The van der Waals surface area contributed by atoms with Crippen molar-refractivity contribution in [3.8, 4) is 0 Å². The average Bonchev–Trinajstić information content (AvgIpc) is 3.28. The molecule has 0 saturated carbocycles. The Morgan fingerprint density at radius 3 is 2.31 bits per heavy atom. The summed E-state index contributed by atoms with van der Waals surface area (Å²) in [6, 6.07) is 7.56. The smallest absolute Gasteiger partial charge is 0.244 e. The lowest BCUT2D eigenvalue weighted by molar-refractivity contribution is -0.133. The number of nitrogens with zero attached hydrogens (tertiary/aromatic N) is 1. The summed E-state index contributed by atoms with van der Waals surface area (Å²) >= 11 is 0. The number of carbonyl (C=O) groups excluding carboxylic acids is 1. The van der Waals surface area contributed by atoms with Crippen LogP contribution in [-0.4, -0.2) is 104 Å². The van der Waals surface area contributed by atoms with E-state index in [1.807, 2.05) is 36.2 Å². The van der Waals surface area contributed by atoms with Crippen LogP contribution < -0.4 is 10.6 Å². The van der Waals surface area contributed by atoms with Crippen molar-refractivity contribution in [2.45, 2.75) is 18.6 Å². The number of nitrogens with one attached hydrogen (secondary N) is 2. The molecule has 1 aliphatic heterocycles. The summed E-state index contributed by atoms with van der Waals surface area (Å²) in [5.74, 6) is 0.0724. The van der Waals surface area contributed by atoms with Gasteiger partial charge in [0.15, 0.2) is 0 Å². The van der Waals surface area contributed by atoms with E-state index >= 15 is 0 Å². The Labute approximate surface area is 191 Å². The molecule has 1 aromatic carbocycles. The van der Waals surface area contributed by atoms with Gasteiger partial charge in [0.2, 0.25) is 5.91 Å². The summed E-state index contributed by atoms with van der Waals surface area (Å²) in [6.07, 6.45) is 0.885. The Hall–Kier alpha value is -1.75. The molecule has 9 nitrogen and oxygen atoms in total. The minimum Gasteiger partial charge on any atom is -0.383 e. The molecule has 1 unspecified atom stereocenters. The number of likely N-dealkylation sites (tertiary alicyclic amines) is 1. The van der Waals surface area contributed by atoms with Crippen molar-refractivity contribution in [2.75, 3.05) is 92.5 Å². The fourth-order valence-electron chi connectivity index (χ4n) is 3.51. The molecule has 2 rings (SSSR count). The quantitative estimate of drug-likeness (QED) is 0.341. The summed E-state index contributed by atoms with van der Waals surface area (Å²) in [6.45, 7) is 5.97. The van der Waals surface area contributed by atoms with E-state index in [1.165, 1.54) is 0 Å². The van der Waals surface area contributed by atoms with Crippen LogP contribution in [0.3, 0.4) is 0 Å². The number of likely N-dealkylation sites (N-methyl/N-ethyl adjacent to an activating group) is 1. The summed E-state index contributed by atoms with van der Waals surface area (Å²) in [5, 5.41) is 6.44. The standard InChI is InChI=1S/C23H39N3O6/c1-24-22(19-4-6-20(7-5-19)25-9-11-28-2)23(27)26-10-8-21(18-26)32-17-16-31-15-14-30-13-12-29-3/h4-7,21-22,24-25H,8-18H2,1-3H3/t21-,22?/m0/s1. The maximum atomic E-state index is 13.1. The summed E-state index contributed by atoms with van der Waals surface area (Å²) in [4.78, 5) is 14.9. The first-order chi connectivity index (χ1) is 15.7. The normalized spacial score (nSPS) is 17.0. The number of carbonyl (C=O) groups is 1.